The molecule has 0 radical (unpaired) electrons. The van der Waals surface area contributed by atoms with Gasteiger partial charge in [0.1, 0.15) is 18.2 Å². The molecule has 0 fully saturated rings. The van der Waals surface area contributed by atoms with Crippen molar-refractivity contribution in [3.8, 4) is 5.75 Å². The van der Waals surface area contributed by atoms with Crippen molar-refractivity contribution in [3.63, 3.8) is 0 Å². The molecule has 0 bridgehead atoms. The summed E-state index contributed by atoms with van der Waals surface area (Å²) in [6, 6.07) is 4.39. The first-order valence-corrected chi connectivity index (χ1v) is 7.00. The van der Waals surface area contributed by atoms with Crippen molar-refractivity contribution in [2.24, 2.45) is 0 Å². The summed E-state index contributed by atoms with van der Waals surface area (Å²) >= 11 is 0. The summed E-state index contributed by atoms with van der Waals surface area (Å²) in [5.41, 5.74) is 1.01. The van der Waals surface area contributed by atoms with Crippen LogP contribution in [0.2, 0.25) is 0 Å². The molecule has 20 heavy (non-hydrogen) atoms. The Hall–Kier alpha value is -1.88. The van der Waals surface area contributed by atoms with Gasteiger partial charge in [-0.15, -0.1) is 0 Å². The number of hydrogen-bond acceptors (Lipinski definition) is 4. The van der Waals surface area contributed by atoms with Gasteiger partial charge in [0.2, 0.25) is 0 Å². The number of ether oxygens (including phenoxy) is 1. The Kier molecular flexibility index (Phi) is 5.12. The summed E-state index contributed by atoms with van der Waals surface area (Å²) in [7, 11) is 0. The second-order valence-electron chi connectivity index (χ2n) is 4.94. The molecule has 1 N–H and O–H groups in total. The number of imidazole rings is 1. The zero-order valence-electron chi connectivity index (χ0n) is 12.3. The first kappa shape index (κ1) is 14.5. The maximum absolute atomic E-state index is 5.71. The van der Waals surface area contributed by atoms with Crippen molar-refractivity contribution in [2.75, 3.05) is 0 Å². The van der Waals surface area contributed by atoms with Crippen LogP contribution in [0.25, 0.3) is 0 Å². The van der Waals surface area contributed by atoms with Gasteiger partial charge in [-0.2, -0.15) is 0 Å². The number of nitrogens with one attached hydrogen (secondary N) is 1. The first-order chi connectivity index (χ1) is 9.69. The Balaban J connectivity index is 1.87. The van der Waals surface area contributed by atoms with Crippen LogP contribution in [0.15, 0.2) is 30.7 Å². The molecular weight excluding hydrogens is 252 g/mol. The highest BCUT2D eigenvalue weighted by atomic mass is 16.5. The Morgan fingerprint density at radius 1 is 1.30 bits per heavy atom. The SMILES string of the molecule is CCn1ccnc1COc1ccc(CNC(C)C)nc1. The van der Waals surface area contributed by atoms with Crippen molar-refractivity contribution in [1.29, 1.82) is 0 Å². The highest BCUT2D eigenvalue weighted by Gasteiger charge is 2.03. The van der Waals surface area contributed by atoms with E-state index >= 15 is 0 Å². The molecule has 108 valence electrons. The number of nitrogens with zero attached hydrogens (tertiary/aromatic N) is 3. The van der Waals surface area contributed by atoms with Crippen LogP contribution in [-0.2, 0) is 19.7 Å². The minimum atomic E-state index is 0.459. The van der Waals surface area contributed by atoms with Gasteiger partial charge >= 0.3 is 0 Å². The average molecular weight is 274 g/mol. The third-order valence-electron chi connectivity index (χ3n) is 3.00. The molecule has 5 nitrogen and oxygen atoms in total. The van der Waals surface area contributed by atoms with E-state index in [0.717, 1.165) is 30.4 Å². The number of aryl methyl sites for hydroxylation is 1. The monoisotopic (exact) mass is 274 g/mol. The lowest BCUT2D eigenvalue weighted by Gasteiger charge is -2.09. The Morgan fingerprint density at radius 2 is 2.15 bits per heavy atom. The molecule has 0 spiro atoms. The van der Waals surface area contributed by atoms with E-state index in [9.17, 15) is 0 Å². The smallest absolute Gasteiger partial charge is 0.146 e. The van der Waals surface area contributed by atoms with E-state index < -0.39 is 0 Å². The van der Waals surface area contributed by atoms with Gasteiger partial charge < -0.3 is 14.6 Å². The van der Waals surface area contributed by atoms with E-state index in [-0.39, 0.29) is 0 Å². The topological polar surface area (TPSA) is 52.0 Å². The fraction of sp³-hybridized carbons (Fsp3) is 0.467. The van der Waals surface area contributed by atoms with Gasteiger partial charge in [0, 0.05) is 31.5 Å². The van der Waals surface area contributed by atoms with Crippen LogP contribution < -0.4 is 10.1 Å². The summed E-state index contributed by atoms with van der Waals surface area (Å²) in [6.45, 7) is 8.46. The van der Waals surface area contributed by atoms with Gasteiger partial charge in [-0.1, -0.05) is 13.8 Å². The van der Waals surface area contributed by atoms with E-state index in [4.69, 9.17) is 4.74 Å². The summed E-state index contributed by atoms with van der Waals surface area (Å²) in [5.74, 6) is 1.70. The first-order valence-electron chi connectivity index (χ1n) is 7.00. The molecular formula is C15H22N4O. The molecule has 0 aromatic carbocycles. The number of hydrogen-bond donors (Lipinski definition) is 1. The van der Waals surface area contributed by atoms with Gasteiger partial charge in [-0.3, -0.25) is 4.98 Å². The molecule has 0 aliphatic rings. The fourth-order valence-electron chi connectivity index (χ4n) is 1.83. The fourth-order valence-corrected chi connectivity index (χ4v) is 1.83. The lowest BCUT2D eigenvalue weighted by molar-refractivity contribution is 0.288. The van der Waals surface area contributed by atoms with Gasteiger partial charge in [0.25, 0.3) is 0 Å². The molecule has 0 aliphatic heterocycles. The van der Waals surface area contributed by atoms with Gasteiger partial charge in [-0.25, -0.2) is 4.98 Å². The van der Waals surface area contributed by atoms with Crippen molar-refractivity contribution in [3.05, 3.63) is 42.2 Å². The predicted octanol–water partition coefficient (Wildman–Crippen LogP) is 2.38. The Morgan fingerprint density at radius 3 is 2.80 bits per heavy atom. The Labute approximate surface area is 120 Å². The lowest BCUT2D eigenvalue weighted by atomic mass is 10.3. The third kappa shape index (κ3) is 4.06. The molecule has 0 amide bonds. The maximum atomic E-state index is 5.71. The van der Waals surface area contributed by atoms with E-state index in [1.165, 1.54) is 0 Å². The zero-order valence-corrected chi connectivity index (χ0v) is 12.3. The summed E-state index contributed by atoms with van der Waals surface area (Å²) in [4.78, 5) is 8.65. The molecule has 0 saturated heterocycles. The van der Waals surface area contributed by atoms with Crippen LogP contribution in [0.3, 0.4) is 0 Å². The highest BCUT2D eigenvalue weighted by Crippen LogP contribution is 2.11. The van der Waals surface area contributed by atoms with Crippen molar-refractivity contribution < 1.29 is 4.74 Å². The number of pyridine rings is 1. The summed E-state index contributed by atoms with van der Waals surface area (Å²) < 4.78 is 7.77. The molecule has 0 aliphatic carbocycles. The molecule has 2 rings (SSSR count). The molecule has 2 aromatic rings. The van der Waals surface area contributed by atoms with Crippen LogP contribution in [-0.4, -0.2) is 20.6 Å². The Bertz CT molecular complexity index is 519. The van der Waals surface area contributed by atoms with Crippen LogP contribution >= 0.6 is 0 Å². The molecule has 0 unspecified atom stereocenters. The summed E-state index contributed by atoms with van der Waals surface area (Å²) in [5, 5.41) is 3.33. The van der Waals surface area contributed by atoms with Crippen LogP contribution in [0, 0.1) is 0 Å². The molecule has 2 aromatic heterocycles. The molecule has 0 atom stereocenters. The van der Waals surface area contributed by atoms with Gasteiger partial charge in [0.15, 0.2) is 0 Å². The molecule has 5 heteroatoms. The van der Waals surface area contributed by atoms with Crippen molar-refractivity contribution in [1.82, 2.24) is 19.9 Å². The zero-order chi connectivity index (χ0) is 14.4. The van der Waals surface area contributed by atoms with Gasteiger partial charge in [0.05, 0.1) is 11.9 Å². The van der Waals surface area contributed by atoms with Crippen LogP contribution in [0.5, 0.6) is 5.75 Å². The second-order valence-corrected chi connectivity index (χ2v) is 4.94. The van der Waals surface area contributed by atoms with E-state index in [2.05, 4.69) is 40.6 Å². The van der Waals surface area contributed by atoms with E-state index in [0.29, 0.717) is 12.6 Å². The van der Waals surface area contributed by atoms with Crippen molar-refractivity contribution >= 4 is 0 Å². The maximum Gasteiger partial charge on any atom is 0.146 e. The van der Waals surface area contributed by atoms with E-state index in [1.807, 2.05) is 18.3 Å². The minimum Gasteiger partial charge on any atom is -0.484 e. The van der Waals surface area contributed by atoms with Gasteiger partial charge in [-0.05, 0) is 19.1 Å². The predicted molar refractivity (Wildman–Crippen MR) is 78.4 cm³/mol. The number of rotatable bonds is 7. The average Bonchev–Trinajstić information content (AvgIpc) is 2.91. The largest absolute Gasteiger partial charge is 0.484 e. The number of aromatic nitrogens is 3. The normalized spacial score (nSPS) is 11.0. The standard InChI is InChI=1S/C15H22N4O/c1-4-19-8-7-16-15(19)11-20-14-6-5-13(18-10-14)9-17-12(2)3/h5-8,10,12,17H,4,9,11H2,1-3H3. The quantitative estimate of drug-likeness (QED) is 0.842. The minimum absolute atomic E-state index is 0.459. The highest BCUT2D eigenvalue weighted by molar-refractivity contribution is 5.20. The van der Waals surface area contributed by atoms with Crippen LogP contribution in [0.1, 0.15) is 32.3 Å². The second kappa shape index (κ2) is 7.05. The molecule has 0 saturated carbocycles. The van der Waals surface area contributed by atoms with Crippen molar-refractivity contribution in [2.45, 2.75) is 46.5 Å². The third-order valence-corrected chi connectivity index (χ3v) is 3.00. The van der Waals surface area contributed by atoms with Crippen LogP contribution in [0.4, 0.5) is 0 Å². The summed E-state index contributed by atoms with van der Waals surface area (Å²) in [6.07, 6.45) is 5.51. The molecule has 2 heterocycles. The lowest BCUT2D eigenvalue weighted by Crippen LogP contribution is -2.22. The van der Waals surface area contributed by atoms with E-state index in [1.54, 1.807) is 12.4 Å².